The standard InChI is InChI=1S/C19H28N2O3/c1-15(2)14-24-17-7-5-16(13-18(17)23-4)6-8-19(22)21-11-9-20(3)10-12-21/h5-8,13,15H,9-12,14H2,1-4H3/b8-6+. The highest BCUT2D eigenvalue weighted by Gasteiger charge is 2.16. The van der Waals surface area contributed by atoms with Crippen LogP contribution in [0.5, 0.6) is 11.5 Å². The molecule has 1 aliphatic rings. The van der Waals surface area contributed by atoms with Gasteiger partial charge in [0.25, 0.3) is 0 Å². The maximum Gasteiger partial charge on any atom is 0.246 e. The fraction of sp³-hybridized carbons (Fsp3) is 0.526. The molecule has 0 radical (unpaired) electrons. The van der Waals surface area contributed by atoms with E-state index in [-0.39, 0.29) is 5.91 Å². The van der Waals surface area contributed by atoms with Crippen molar-refractivity contribution < 1.29 is 14.3 Å². The predicted molar refractivity (Wildman–Crippen MR) is 96.4 cm³/mol. The number of carbonyl (C=O) groups excluding carboxylic acids is 1. The Bertz CT molecular complexity index is 576. The first kappa shape index (κ1) is 18.3. The molecule has 0 aliphatic carbocycles. The second kappa shape index (κ2) is 8.73. The van der Waals surface area contributed by atoms with E-state index in [1.54, 1.807) is 13.2 Å². The molecule has 0 atom stereocenters. The summed E-state index contributed by atoms with van der Waals surface area (Å²) in [4.78, 5) is 16.4. The lowest BCUT2D eigenvalue weighted by Gasteiger charge is -2.31. The minimum Gasteiger partial charge on any atom is -0.493 e. The third-order valence-corrected chi connectivity index (χ3v) is 3.99. The van der Waals surface area contributed by atoms with Crippen LogP contribution in [0.1, 0.15) is 19.4 Å². The maximum absolute atomic E-state index is 12.2. The van der Waals surface area contributed by atoms with Crippen LogP contribution >= 0.6 is 0 Å². The van der Waals surface area contributed by atoms with E-state index in [4.69, 9.17) is 9.47 Å². The smallest absolute Gasteiger partial charge is 0.246 e. The lowest BCUT2D eigenvalue weighted by Crippen LogP contribution is -2.46. The molecular formula is C19H28N2O3. The Hall–Kier alpha value is -2.01. The summed E-state index contributed by atoms with van der Waals surface area (Å²) in [6.45, 7) is 8.27. The van der Waals surface area contributed by atoms with Gasteiger partial charge in [0.15, 0.2) is 11.5 Å². The molecule has 24 heavy (non-hydrogen) atoms. The molecule has 1 heterocycles. The van der Waals surface area contributed by atoms with Gasteiger partial charge in [0.2, 0.25) is 5.91 Å². The molecular weight excluding hydrogens is 304 g/mol. The number of likely N-dealkylation sites (N-methyl/N-ethyl adjacent to an activating group) is 1. The van der Waals surface area contributed by atoms with Gasteiger partial charge in [-0.3, -0.25) is 4.79 Å². The predicted octanol–water partition coefficient (Wildman–Crippen LogP) is 2.52. The molecule has 0 saturated carbocycles. The highest BCUT2D eigenvalue weighted by molar-refractivity contribution is 5.92. The molecule has 2 rings (SSSR count). The zero-order valence-electron chi connectivity index (χ0n) is 15.1. The summed E-state index contributed by atoms with van der Waals surface area (Å²) < 4.78 is 11.1. The number of piperazine rings is 1. The molecule has 1 amide bonds. The number of benzene rings is 1. The van der Waals surface area contributed by atoms with Gasteiger partial charge in [0.1, 0.15) is 0 Å². The van der Waals surface area contributed by atoms with Crippen LogP contribution in [-0.4, -0.2) is 62.7 Å². The van der Waals surface area contributed by atoms with Gasteiger partial charge < -0.3 is 19.3 Å². The Morgan fingerprint density at radius 2 is 1.92 bits per heavy atom. The Morgan fingerprint density at radius 3 is 2.54 bits per heavy atom. The maximum atomic E-state index is 12.2. The molecule has 1 fully saturated rings. The van der Waals surface area contributed by atoms with Crippen LogP contribution in [0.4, 0.5) is 0 Å². The largest absolute Gasteiger partial charge is 0.493 e. The molecule has 0 aromatic heterocycles. The zero-order valence-corrected chi connectivity index (χ0v) is 15.1. The molecule has 1 aromatic rings. The summed E-state index contributed by atoms with van der Waals surface area (Å²) in [5.41, 5.74) is 0.922. The zero-order chi connectivity index (χ0) is 17.5. The van der Waals surface area contributed by atoms with Crippen LogP contribution in [-0.2, 0) is 4.79 Å². The van der Waals surface area contributed by atoms with Crippen molar-refractivity contribution in [3.8, 4) is 11.5 Å². The number of amides is 1. The third-order valence-electron chi connectivity index (χ3n) is 3.99. The lowest BCUT2D eigenvalue weighted by atomic mass is 10.1. The van der Waals surface area contributed by atoms with Crippen LogP contribution in [0.15, 0.2) is 24.3 Å². The summed E-state index contributed by atoms with van der Waals surface area (Å²) in [5.74, 6) is 1.93. The first-order valence-electron chi connectivity index (χ1n) is 8.46. The minimum absolute atomic E-state index is 0.0576. The van der Waals surface area contributed by atoms with E-state index >= 15 is 0 Å². The van der Waals surface area contributed by atoms with Crippen LogP contribution in [0.3, 0.4) is 0 Å². The van der Waals surface area contributed by atoms with E-state index in [0.717, 1.165) is 37.5 Å². The second-order valence-corrected chi connectivity index (χ2v) is 6.58. The van der Waals surface area contributed by atoms with E-state index in [1.807, 2.05) is 29.2 Å². The topological polar surface area (TPSA) is 42.0 Å². The van der Waals surface area contributed by atoms with Crippen LogP contribution in [0, 0.1) is 5.92 Å². The van der Waals surface area contributed by atoms with Gasteiger partial charge in [-0.05, 0) is 36.7 Å². The normalized spacial score (nSPS) is 16.0. The van der Waals surface area contributed by atoms with Crippen LogP contribution in [0.2, 0.25) is 0 Å². The molecule has 5 nitrogen and oxygen atoms in total. The molecule has 5 heteroatoms. The molecule has 0 bridgehead atoms. The first-order valence-corrected chi connectivity index (χ1v) is 8.46. The van der Waals surface area contributed by atoms with Gasteiger partial charge in [0, 0.05) is 32.3 Å². The molecule has 0 spiro atoms. The number of rotatable bonds is 6. The fourth-order valence-corrected chi connectivity index (χ4v) is 2.46. The monoisotopic (exact) mass is 332 g/mol. The van der Waals surface area contributed by atoms with E-state index in [1.165, 1.54) is 0 Å². The van der Waals surface area contributed by atoms with Crippen molar-refractivity contribution in [2.24, 2.45) is 5.92 Å². The van der Waals surface area contributed by atoms with Crippen LogP contribution in [0.25, 0.3) is 6.08 Å². The van der Waals surface area contributed by atoms with Gasteiger partial charge in [-0.1, -0.05) is 19.9 Å². The number of carbonyl (C=O) groups is 1. The number of nitrogens with zero attached hydrogens (tertiary/aromatic N) is 2. The molecule has 0 unspecified atom stereocenters. The Kier molecular flexibility index (Phi) is 6.67. The van der Waals surface area contributed by atoms with Gasteiger partial charge in [-0.25, -0.2) is 0 Å². The van der Waals surface area contributed by atoms with Crippen molar-refractivity contribution in [3.63, 3.8) is 0 Å². The SMILES string of the molecule is COc1cc(/C=C/C(=O)N2CCN(C)CC2)ccc1OCC(C)C. The molecule has 1 aliphatic heterocycles. The van der Waals surface area contributed by atoms with Gasteiger partial charge in [0.05, 0.1) is 13.7 Å². The second-order valence-electron chi connectivity index (χ2n) is 6.58. The fourth-order valence-electron chi connectivity index (χ4n) is 2.46. The average Bonchev–Trinajstić information content (AvgIpc) is 2.58. The minimum atomic E-state index is 0.0576. The van der Waals surface area contributed by atoms with Crippen molar-refractivity contribution in [2.45, 2.75) is 13.8 Å². The number of hydrogen-bond donors (Lipinski definition) is 0. The number of hydrogen-bond acceptors (Lipinski definition) is 4. The van der Waals surface area contributed by atoms with Gasteiger partial charge in [-0.2, -0.15) is 0 Å². The quantitative estimate of drug-likeness (QED) is 0.751. The van der Waals surface area contributed by atoms with Crippen molar-refractivity contribution in [2.75, 3.05) is 46.9 Å². The highest BCUT2D eigenvalue weighted by Crippen LogP contribution is 2.29. The molecule has 1 aromatic carbocycles. The summed E-state index contributed by atoms with van der Waals surface area (Å²) >= 11 is 0. The number of methoxy groups -OCH3 is 1. The van der Waals surface area contributed by atoms with Crippen molar-refractivity contribution in [1.29, 1.82) is 0 Å². The summed E-state index contributed by atoms with van der Waals surface area (Å²) in [7, 11) is 3.70. The Balaban J connectivity index is 1.99. The van der Waals surface area contributed by atoms with E-state index in [0.29, 0.717) is 18.3 Å². The summed E-state index contributed by atoms with van der Waals surface area (Å²) in [6.07, 6.45) is 3.46. The molecule has 0 N–H and O–H groups in total. The Morgan fingerprint density at radius 1 is 1.21 bits per heavy atom. The molecule has 132 valence electrons. The van der Waals surface area contributed by atoms with Gasteiger partial charge >= 0.3 is 0 Å². The first-order chi connectivity index (χ1) is 11.5. The summed E-state index contributed by atoms with van der Waals surface area (Å²) in [5, 5.41) is 0. The van der Waals surface area contributed by atoms with E-state index in [2.05, 4.69) is 25.8 Å². The van der Waals surface area contributed by atoms with Crippen molar-refractivity contribution >= 4 is 12.0 Å². The van der Waals surface area contributed by atoms with Crippen LogP contribution < -0.4 is 9.47 Å². The summed E-state index contributed by atoms with van der Waals surface area (Å²) in [6, 6.07) is 5.72. The lowest BCUT2D eigenvalue weighted by molar-refractivity contribution is -0.127. The Labute approximate surface area is 144 Å². The van der Waals surface area contributed by atoms with Gasteiger partial charge in [-0.15, -0.1) is 0 Å². The van der Waals surface area contributed by atoms with E-state index in [9.17, 15) is 4.79 Å². The highest BCUT2D eigenvalue weighted by atomic mass is 16.5. The number of ether oxygens (including phenoxy) is 2. The van der Waals surface area contributed by atoms with Crippen molar-refractivity contribution in [1.82, 2.24) is 9.80 Å². The third kappa shape index (κ3) is 5.27. The van der Waals surface area contributed by atoms with Crippen molar-refractivity contribution in [3.05, 3.63) is 29.8 Å². The average molecular weight is 332 g/mol. The van der Waals surface area contributed by atoms with E-state index < -0.39 is 0 Å². The molecule has 1 saturated heterocycles.